The summed E-state index contributed by atoms with van der Waals surface area (Å²) < 4.78 is 8.48. The lowest BCUT2D eigenvalue weighted by molar-refractivity contribution is 0.0218. The maximum absolute atomic E-state index is 5.42. The van der Waals surface area contributed by atoms with E-state index in [-0.39, 0.29) is 0 Å². The zero-order valence-corrected chi connectivity index (χ0v) is 14.0. The third kappa shape index (κ3) is 2.90. The molecule has 0 saturated carbocycles. The number of ether oxygens (including phenoxy) is 1. The zero-order valence-electron chi connectivity index (χ0n) is 13.2. The number of fused-ring (bicyclic) bond motifs is 1. The van der Waals surface area contributed by atoms with E-state index < -0.39 is 0 Å². The molecular weight excluding hydrogens is 286 g/mol. The molecule has 3 heterocycles. The van der Waals surface area contributed by atoms with Crippen molar-refractivity contribution in [1.82, 2.24) is 19.7 Å². The minimum Gasteiger partial charge on any atom is -0.379 e. The highest BCUT2D eigenvalue weighted by Gasteiger charge is 2.20. The number of aromatic nitrogens is 3. The van der Waals surface area contributed by atoms with Crippen molar-refractivity contribution >= 4 is 26.8 Å². The summed E-state index contributed by atoms with van der Waals surface area (Å²) in [6.45, 7) is 9.05. The Kier molecular flexibility index (Phi) is 4.14. The maximum Gasteiger partial charge on any atom is 0.187 e. The zero-order chi connectivity index (χ0) is 15.0. The normalized spacial score (nSPS) is 18.3. The van der Waals surface area contributed by atoms with Crippen molar-refractivity contribution < 1.29 is 4.74 Å². The SMILES string of the molecule is Cc1nn(C)c2nc(N(C)C[C@@H](C)N3CCOCC3)sc12. The van der Waals surface area contributed by atoms with Gasteiger partial charge >= 0.3 is 0 Å². The first kappa shape index (κ1) is 14.7. The minimum absolute atomic E-state index is 0.505. The number of hydrogen-bond acceptors (Lipinski definition) is 6. The molecule has 0 radical (unpaired) electrons. The molecule has 3 rings (SSSR count). The molecule has 7 heteroatoms. The lowest BCUT2D eigenvalue weighted by Crippen LogP contribution is -2.46. The summed E-state index contributed by atoms with van der Waals surface area (Å²) in [5, 5.41) is 5.48. The van der Waals surface area contributed by atoms with Crippen LogP contribution in [0, 0.1) is 6.92 Å². The summed E-state index contributed by atoms with van der Waals surface area (Å²) in [5.74, 6) is 0. The molecule has 1 aliphatic heterocycles. The van der Waals surface area contributed by atoms with Gasteiger partial charge < -0.3 is 9.64 Å². The second-order valence-electron chi connectivity index (χ2n) is 5.74. The maximum atomic E-state index is 5.42. The Labute approximate surface area is 129 Å². The number of hydrogen-bond donors (Lipinski definition) is 0. The first-order valence-corrected chi connectivity index (χ1v) is 8.21. The van der Waals surface area contributed by atoms with Gasteiger partial charge in [0.25, 0.3) is 0 Å². The van der Waals surface area contributed by atoms with Crippen LogP contribution in [0.15, 0.2) is 0 Å². The van der Waals surface area contributed by atoms with Crippen LogP contribution in [0.3, 0.4) is 0 Å². The molecule has 21 heavy (non-hydrogen) atoms. The van der Waals surface area contributed by atoms with Gasteiger partial charge in [-0.15, -0.1) is 0 Å². The monoisotopic (exact) mass is 309 g/mol. The number of rotatable bonds is 4. The Morgan fingerprint density at radius 3 is 2.76 bits per heavy atom. The van der Waals surface area contributed by atoms with E-state index in [0.29, 0.717) is 6.04 Å². The Balaban J connectivity index is 1.71. The molecule has 1 aliphatic rings. The molecule has 0 aliphatic carbocycles. The van der Waals surface area contributed by atoms with E-state index in [4.69, 9.17) is 9.72 Å². The first-order valence-electron chi connectivity index (χ1n) is 7.39. The third-order valence-electron chi connectivity index (χ3n) is 4.07. The lowest BCUT2D eigenvalue weighted by Gasteiger charge is -2.34. The standard InChI is InChI=1S/C14H23N5OS/c1-10(19-5-7-20-8-6-19)9-17(3)14-15-13-12(21-14)11(2)16-18(13)4/h10H,5-9H2,1-4H3/t10-/m1/s1. The van der Waals surface area contributed by atoms with Crippen molar-refractivity contribution in [3.05, 3.63) is 5.69 Å². The number of nitrogens with zero attached hydrogens (tertiary/aromatic N) is 5. The predicted octanol–water partition coefficient (Wildman–Crippen LogP) is 1.50. The number of thiazole rings is 1. The van der Waals surface area contributed by atoms with Crippen molar-refractivity contribution in [2.24, 2.45) is 7.05 Å². The summed E-state index contributed by atoms with van der Waals surface area (Å²) in [5.41, 5.74) is 2.05. The number of anilines is 1. The summed E-state index contributed by atoms with van der Waals surface area (Å²) in [6.07, 6.45) is 0. The number of likely N-dealkylation sites (N-methyl/N-ethyl adjacent to an activating group) is 1. The van der Waals surface area contributed by atoms with Crippen LogP contribution >= 0.6 is 11.3 Å². The van der Waals surface area contributed by atoms with Crippen LogP contribution in [0.1, 0.15) is 12.6 Å². The van der Waals surface area contributed by atoms with Crippen LogP contribution < -0.4 is 4.90 Å². The number of morpholine rings is 1. The van der Waals surface area contributed by atoms with Crippen LogP contribution in [-0.2, 0) is 11.8 Å². The van der Waals surface area contributed by atoms with Crippen molar-refractivity contribution in [1.29, 1.82) is 0 Å². The van der Waals surface area contributed by atoms with Crippen molar-refractivity contribution in [3.8, 4) is 0 Å². The molecule has 6 nitrogen and oxygen atoms in total. The van der Waals surface area contributed by atoms with E-state index in [1.807, 2.05) is 18.7 Å². The summed E-state index contributed by atoms with van der Waals surface area (Å²) in [6, 6.07) is 0.505. The fourth-order valence-electron chi connectivity index (χ4n) is 2.85. The van der Waals surface area contributed by atoms with Crippen molar-refractivity contribution in [2.75, 3.05) is 44.8 Å². The smallest absolute Gasteiger partial charge is 0.187 e. The van der Waals surface area contributed by atoms with Crippen molar-refractivity contribution in [2.45, 2.75) is 19.9 Å². The van der Waals surface area contributed by atoms with Crippen LogP contribution in [-0.4, -0.2) is 65.6 Å². The van der Waals surface area contributed by atoms with Crippen LogP contribution in [0.4, 0.5) is 5.13 Å². The van der Waals surface area contributed by atoms with E-state index in [2.05, 4.69) is 28.9 Å². The van der Waals surface area contributed by atoms with Gasteiger partial charge in [0.2, 0.25) is 0 Å². The minimum atomic E-state index is 0.505. The molecular formula is C14H23N5OS. The van der Waals surface area contributed by atoms with E-state index in [1.165, 1.54) is 4.70 Å². The molecule has 0 aromatic carbocycles. The first-order chi connectivity index (χ1) is 10.1. The fraction of sp³-hybridized carbons (Fsp3) is 0.714. The van der Waals surface area contributed by atoms with Gasteiger partial charge in [0, 0.05) is 39.8 Å². The molecule has 1 saturated heterocycles. The fourth-order valence-corrected chi connectivity index (χ4v) is 3.85. The van der Waals surface area contributed by atoms with Gasteiger partial charge in [-0.25, -0.2) is 9.67 Å². The van der Waals surface area contributed by atoms with Crippen LogP contribution in [0.2, 0.25) is 0 Å². The molecule has 116 valence electrons. The molecule has 0 spiro atoms. The Bertz CT molecular complexity index is 582. The van der Waals surface area contributed by atoms with Gasteiger partial charge in [0.15, 0.2) is 10.8 Å². The molecule has 0 unspecified atom stereocenters. The largest absolute Gasteiger partial charge is 0.379 e. The van der Waals surface area contributed by atoms with Gasteiger partial charge in [-0.1, -0.05) is 11.3 Å². The summed E-state index contributed by atoms with van der Waals surface area (Å²) >= 11 is 1.73. The number of aryl methyl sites for hydroxylation is 2. The predicted molar refractivity (Wildman–Crippen MR) is 86.2 cm³/mol. The third-order valence-corrected chi connectivity index (χ3v) is 5.33. The second kappa shape index (κ2) is 5.90. The van der Waals surface area contributed by atoms with Crippen LogP contribution in [0.25, 0.3) is 10.3 Å². The Morgan fingerprint density at radius 2 is 2.10 bits per heavy atom. The van der Waals surface area contributed by atoms with Gasteiger partial charge in [-0.2, -0.15) is 5.10 Å². The Hall–Kier alpha value is -1.18. The summed E-state index contributed by atoms with van der Waals surface area (Å²) in [7, 11) is 4.08. The van der Waals surface area contributed by atoms with Crippen molar-refractivity contribution in [3.63, 3.8) is 0 Å². The van der Waals surface area contributed by atoms with E-state index in [0.717, 1.165) is 49.3 Å². The average Bonchev–Trinajstić information content (AvgIpc) is 3.02. The molecule has 0 amide bonds. The van der Waals surface area contributed by atoms with Gasteiger partial charge in [0.1, 0.15) is 0 Å². The quantitative estimate of drug-likeness (QED) is 0.856. The average molecular weight is 309 g/mol. The van der Waals surface area contributed by atoms with Gasteiger partial charge in [-0.05, 0) is 13.8 Å². The van der Waals surface area contributed by atoms with Gasteiger partial charge in [-0.3, -0.25) is 4.90 Å². The highest BCUT2D eigenvalue weighted by molar-refractivity contribution is 7.22. The molecule has 1 atom stereocenters. The highest BCUT2D eigenvalue weighted by atomic mass is 32.1. The molecule has 0 N–H and O–H groups in total. The van der Waals surface area contributed by atoms with E-state index in [9.17, 15) is 0 Å². The lowest BCUT2D eigenvalue weighted by atomic mass is 10.2. The molecule has 2 aromatic heterocycles. The van der Waals surface area contributed by atoms with E-state index >= 15 is 0 Å². The van der Waals surface area contributed by atoms with Gasteiger partial charge in [0.05, 0.1) is 23.6 Å². The van der Waals surface area contributed by atoms with Crippen LogP contribution in [0.5, 0.6) is 0 Å². The molecule has 2 aromatic rings. The molecule has 1 fully saturated rings. The summed E-state index contributed by atoms with van der Waals surface area (Å²) in [4.78, 5) is 9.47. The Morgan fingerprint density at radius 1 is 1.38 bits per heavy atom. The molecule has 0 bridgehead atoms. The van der Waals surface area contributed by atoms with E-state index in [1.54, 1.807) is 11.3 Å². The highest BCUT2D eigenvalue weighted by Crippen LogP contribution is 2.30. The topological polar surface area (TPSA) is 46.4 Å². The second-order valence-corrected chi connectivity index (χ2v) is 6.71.